The van der Waals surface area contributed by atoms with Crippen molar-refractivity contribution in [2.75, 3.05) is 32.5 Å². The molecule has 0 radical (unpaired) electrons. The third-order valence-corrected chi connectivity index (χ3v) is 8.62. The molecule has 0 spiro atoms. The lowest BCUT2D eigenvalue weighted by Crippen LogP contribution is -2.32. The minimum absolute atomic E-state index is 0.0518. The second kappa shape index (κ2) is 12.3. The summed E-state index contributed by atoms with van der Waals surface area (Å²) < 4.78 is 33.6. The van der Waals surface area contributed by atoms with Crippen molar-refractivity contribution in [2.45, 2.75) is 36.3 Å². The summed E-state index contributed by atoms with van der Waals surface area (Å²) in [5.74, 6) is 1.45. The Kier molecular flexibility index (Phi) is 9.76. The lowest BCUT2D eigenvalue weighted by molar-refractivity contribution is 0.0758. The zero-order chi connectivity index (χ0) is 23.8. The van der Waals surface area contributed by atoms with Crippen molar-refractivity contribution >= 4 is 50.9 Å². The highest BCUT2D eigenvalue weighted by Gasteiger charge is 2.24. The smallest absolute Gasteiger partial charge is 0.257 e. The van der Waals surface area contributed by atoms with E-state index in [1.807, 2.05) is 6.07 Å². The quantitative estimate of drug-likeness (QED) is 0.449. The normalized spacial score (nSPS) is 14.7. The van der Waals surface area contributed by atoms with E-state index in [0.717, 1.165) is 31.2 Å². The van der Waals surface area contributed by atoms with E-state index in [0.29, 0.717) is 40.4 Å². The molecule has 0 bridgehead atoms. The summed E-state index contributed by atoms with van der Waals surface area (Å²) in [6, 6.07) is 9.86. The lowest BCUT2D eigenvalue weighted by Gasteiger charge is -2.22. The van der Waals surface area contributed by atoms with Crippen LogP contribution in [0, 0.1) is 0 Å². The van der Waals surface area contributed by atoms with Gasteiger partial charge in [-0.15, -0.1) is 0 Å². The summed E-state index contributed by atoms with van der Waals surface area (Å²) in [5, 5.41) is 1.01. The van der Waals surface area contributed by atoms with Crippen LogP contribution in [0.1, 0.15) is 41.6 Å². The van der Waals surface area contributed by atoms with Gasteiger partial charge < -0.3 is 9.64 Å². The largest absolute Gasteiger partial charge is 0.496 e. The van der Waals surface area contributed by atoms with Gasteiger partial charge in [-0.05, 0) is 48.7 Å². The van der Waals surface area contributed by atoms with Crippen LogP contribution in [0.5, 0.6) is 5.75 Å². The molecule has 10 heteroatoms. The molecule has 1 saturated heterocycles. The number of sulfonamides is 1. The predicted molar refractivity (Wildman–Crippen MR) is 135 cm³/mol. The van der Waals surface area contributed by atoms with E-state index in [4.69, 9.17) is 27.9 Å². The predicted octanol–water partition coefficient (Wildman–Crippen LogP) is 5.23. The van der Waals surface area contributed by atoms with Crippen LogP contribution in [0.3, 0.4) is 0 Å². The monoisotopic (exact) mass is 530 g/mol. The van der Waals surface area contributed by atoms with Crippen LogP contribution in [0.15, 0.2) is 41.3 Å². The SMILES string of the molecule is COc1ccc(S(=O)(=O)NCCSCc2ccc(Cl)c(Cl)c2)cc1C(=O)N1CCCCCC1. The highest BCUT2D eigenvalue weighted by molar-refractivity contribution is 7.98. The molecule has 3 rings (SSSR count). The average molecular weight is 532 g/mol. The third-order valence-electron chi connectivity index (χ3n) is 5.40. The summed E-state index contributed by atoms with van der Waals surface area (Å²) in [6.07, 6.45) is 4.10. The van der Waals surface area contributed by atoms with Gasteiger partial charge in [0.15, 0.2) is 0 Å². The summed E-state index contributed by atoms with van der Waals surface area (Å²) in [7, 11) is -2.29. The van der Waals surface area contributed by atoms with Crippen molar-refractivity contribution in [3.8, 4) is 5.75 Å². The molecule has 1 N–H and O–H groups in total. The maximum atomic E-state index is 13.1. The van der Waals surface area contributed by atoms with Crippen molar-refractivity contribution in [1.29, 1.82) is 0 Å². The first-order valence-electron chi connectivity index (χ1n) is 10.8. The van der Waals surface area contributed by atoms with Crippen LogP contribution in [0.25, 0.3) is 0 Å². The van der Waals surface area contributed by atoms with E-state index in [1.165, 1.54) is 19.2 Å². The van der Waals surface area contributed by atoms with Gasteiger partial charge >= 0.3 is 0 Å². The molecular weight excluding hydrogens is 503 g/mol. The number of likely N-dealkylation sites (tertiary alicyclic amines) is 1. The van der Waals surface area contributed by atoms with Gasteiger partial charge in [0.2, 0.25) is 10.0 Å². The van der Waals surface area contributed by atoms with Gasteiger partial charge in [0.05, 0.1) is 27.6 Å². The minimum atomic E-state index is -3.76. The molecule has 2 aromatic rings. The van der Waals surface area contributed by atoms with Gasteiger partial charge in [-0.2, -0.15) is 11.8 Å². The van der Waals surface area contributed by atoms with Gasteiger partial charge in [-0.3, -0.25) is 4.79 Å². The fourth-order valence-corrected chi connectivity index (χ4v) is 5.93. The van der Waals surface area contributed by atoms with Gasteiger partial charge in [0, 0.05) is 31.1 Å². The van der Waals surface area contributed by atoms with E-state index >= 15 is 0 Å². The van der Waals surface area contributed by atoms with E-state index in [9.17, 15) is 13.2 Å². The molecule has 2 aromatic carbocycles. The minimum Gasteiger partial charge on any atom is -0.496 e. The maximum Gasteiger partial charge on any atom is 0.257 e. The number of ether oxygens (including phenoxy) is 1. The van der Waals surface area contributed by atoms with Crippen LogP contribution < -0.4 is 9.46 Å². The van der Waals surface area contributed by atoms with E-state index < -0.39 is 10.0 Å². The second-order valence-electron chi connectivity index (χ2n) is 7.77. The summed E-state index contributed by atoms with van der Waals surface area (Å²) in [5.41, 5.74) is 1.29. The van der Waals surface area contributed by atoms with Gasteiger partial charge in [-0.1, -0.05) is 42.1 Å². The van der Waals surface area contributed by atoms with Crippen molar-refractivity contribution in [3.05, 3.63) is 57.6 Å². The highest BCUT2D eigenvalue weighted by Crippen LogP contribution is 2.26. The van der Waals surface area contributed by atoms with Gasteiger partial charge in [0.1, 0.15) is 5.75 Å². The summed E-state index contributed by atoms with van der Waals surface area (Å²) in [6.45, 7) is 1.61. The molecule has 1 heterocycles. The Labute approximate surface area is 210 Å². The Morgan fingerprint density at radius 1 is 1.06 bits per heavy atom. The number of benzene rings is 2. The van der Waals surface area contributed by atoms with E-state index in [1.54, 1.807) is 34.9 Å². The number of carbonyl (C=O) groups is 1. The Morgan fingerprint density at radius 2 is 1.79 bits per heavy atom. The summed E-state index contributed by atoms with van der Waals surface area (Å²) >= 11 is 13.5. The zero-order valence-electron chi connectivity index (χ0n) is 18.5. The van der Waals surface area contributed by atoms with Crippen LogP contribution >= 0.6 is 35.0 Å². The first kappa shape index (κ1) is 26.2. The fourth-order valence-electron chi connectivity index (χ4n) is 3.62. The molecule has 0 unspecified atom stereocenters. The number of carbonyl (C=O) groups excluding carboxylic acids is 1. The number of hydrogen-bond acceptors (Lipinski definition) is 5. The Hall–Kier alpha value is -1.45. The van der Waals surface area contributed by atoms with Crippen molar-refractivity contribution in [3.63, 3.8) is 0 Å². The number of methoxy groups -OCH3 is 1. The molecule has 1 aliphatic heterocycles. The van der Waals surface area contributed by atoms with Gasteiger partial charge in [0.25, 0.3) is 5.91 Å². The maximum absolute atomic E-state index is 13.1. The van der Waals surface area contributed by atoms with E-state index in [2.05, 4.69) is 4.72 Å². The first-order chi connectivity index (χ1) is 15.8. The number of rotatable bonds is 9. The Balaban J connectivity index is 1.61. The highest BCUT2D eigenvalue weighted by atomic mass is 35.5. The van der Waals surface area contributed by atoms with Crippen molar-refractivity contribution in [1.82, 2.24) is 9.62 Å². The number of halogens is 2. The molecule has 0 aliphatic carbocycles. The van der Waals surface area contributed by atoms with Crippen molar-refractivity contribution < 1.29 is 17.9 Å². The van der Waals surface area contributed by atoms with Gasteiger partial charge in [-0.25, -0.2) is 13.1 Å². The van der Waals surface area contributed by atoms with Crippen LogP contribution in [-0.2, 0) is 15.8 Å². The standard InChI is InChI=1S/C23H28Cl2N2O4S2/c1-31-22-9-7-18(15-19(22)23(28)27-11-4-2-3-5-12-27)33(29,30)26-10-13-32-16-17-6-8-20(24)21(25)14-17/h6-9,14-15,26H,2-5,10-13,16H2,1H3. The number of nitrogens with zero attached hydrogens (tertiary/aromatic N) is 1. The number of thioether (sulfide) groups is 1. The average Bonchev–Trinajstić information content (AvgIpc) is 3.10. The van der Waals surface area contributed by atoms with Crippen LogP contribution in [0.4, 0.5) is 0 Å². The second-order valence-corrected chi connectivity index (χ2v) is 11.5. The molecule has 6 nitrogen and oxygen atoms in total. The molecular formula is C23H28Cl2N2O4S2. The number of amides is 1. The fraction of sp³-hybridized carbons (Fsp3) is 0.435. The van der Waals surface area contributed by atoms with Crippen molar-refractivity contribution in [2.24, 2.45) is 0 Å². The molecule has 1 fully saturated rings. The number of hydrogen-bond donors (Lipinski definition) is 1. The molecule has 180 valence electrons. The zero-order valence-corrected chi connectivity index (χ0v) is 21.6. The van der Waals surface area contributed by atoms with Crippen LogP contribution in [0.2, 0.25) is 10.0 Å². The molecule has 0 saturated carbocycles. The Morgan fingerprint density at radius 3 is 2.45 bits per heavy atom. The first-order valence-corrected chi connectivity index (χ1v) is 14.2. The topological polar surface area (TPSA) is 75.7 Å². The Bertz CT molecular complexity index is 1070. The molecule has 0 aromatic heterocycles. The molecule has 0 atom stereocenters. The third kappa shape index (κ3) is 7.26. The lowest BCUT2D eigenvalue weighted by atomic mass is 10.1. The molecule has 1 amide bonds. The number of nitrogens with one attached hydrogen (secondary N) is 1. The molecule has 33 heavy (non-hydrogen) atoms. The van der Waals surface area contributed by atoms with Crippen LogP contribution in [-0.4, -0.2) is 51.7 Å². The summed E-state index contributed by atoms with van der Waals surface area (Å²) in [4.78, 5) is 14.9. The van der Waals surface area contributed by atoms with E-state index in [-0.39, 0.29) is 22.9 Å². The molecule has 1 aliphatic rings.